The summed E-state index contributed by atoms with van der Waals surface area (Å²) in [5.41, 5.74) is 2.42. The van der Waals surface area contributed by atoms with E-state index < -0.39 is 0 Å². The number of benzene rings is 2. The minimum atomic E-state index is -0.345. The molecular weight excluding hydrogens is 446 g/mol. The zero-order valence-corrected chi connectivity index (χ0v) is 20.2. The number of carbonyl (C=O) groups is 1. The van der Waals surface area contributed by atoms with Gasteiger partial charge in [-0.3, -0.25) is 4.79 Å². The van der Waals surface area contributed by atoms with Crippen molar-refractivity contribution in [1.29, 1.82) is 0 Å². The molecule has 0 radical (unpaired) electrons. The van der Waals surface area contributed by atoms with Crippen LogP contribution < -0.4 is 20.1 Å². The molecule has 2 aromatic carbocycles. The van der Waals surface area contributed by atoms with Crippen molar-refractivity contribution in [3.05, 3.63) is 101 Å². The monoisotopic (exact) mass is 473 g/mol. The summed E-state index contributed by atoms with van der Waals surface area (Å²) in [5, 5.41) is 7.45. The summed E-state index contributed by atoms with van der Waals surface area (Å²) in [6, 6.07) is 22.5. The van der Waals surface area contributed by atoms with Crippen molar-refractivity contribution in [2.24, 2.45) is 0 Å². The van der Waals surface area contributed by atoms with Crippen molar-refractivity contribution in [3.8, 4) is 11.5 Å². The third-order valence-corrected chi connectivity index (χ3v) is 6.65. The summed E-state index contributed by atoms with van der Waals surface area (Å²) in [5.74, 6) is 1.82. The third-order valence-electron chi connectivity index (χ3n) is 5.44. The smallest absolute Gasteiger partial charge is 0.256 e. The Kier molecular flexibility index (Phi) is 7.44. The van der Waals surface area contributed by atoms with Crippen molar-refractivity contribution in [3.63, 3.8) is 0 Å². The van der Waals surface area contributed by atoms with Crippen molar-refractivity contribution >= 4 is 28.1 Å². The number of aryl methyl sites for hydroxylation is 1. The van der Waals surface area contributed by atoms with Crippen molar-refractivity contribution in [2.45, 2.75) is 19.4 Å². The van der Waals surface area contributed by atoms with E-state index >= 15 is 0 Å². The van der Waals surface area contributed by atoms with Crippen LogP contribution >= 0.6 is 11.3 Å². The maximum Gasteiger partial charge on any atom is 0.256 e. The van der Waals surface area contributed by atoms with Gasteiger partial charge < -0.3 is 20.1 Å². The summed E-state index contributed by atoms with van der Waals surface area (Å²) in [7, 11) is 3.25. The van der Waals surface area contributed by atoms with E-state index in [1.165, 1.54) is 0 Å². The molecule has 0 aliphatic rings. The lowest BCUT2D eigenvalue weighted by molar-refractivity contribution is 0.102. The maximum atomic E-state index is 13.0. The fourth-order valence-corrected chi connectivity index (χ4v) is 4.80. The van der Waals surface area contributed by atoms with E-state index in [1.807, 2.05) is 54.6 Å². The number of anilines is 2. The van der Waals surface area contributed by atoms with E-state index in [0.29, 0.717) is 22.9 Å². The molecule has 4 rings (SSSR count). The average Bonchev–Trinajstić information content (AvgIpc) is 3.30. The molecule has 34 heavy (non-hydrogen) atoms. The van der Waals surface area contributed by atoms with Crippen LogP contribution in [0.25, 0.3) is 0 Å². The quantitative estimate of drug-likeness (QED) is 0.304. The Morgan fingerprint density at radius 1 is 0.971 bits per heavy atom. The van der Waals surface area contributed by atoms with Crippen LogP contribution in [-0.2, 0) is 6.42 Å². The zero-order valence-electron chi connectivity index (χ0n) is 19.4. The van der Waals surface area contributed by atoms with E-state index in [4.69, 9.17) is 9.47 Å². The predicted molar refractivity (Wildman–Crippen MR) is 137 cm³/mol. The fourth-order valence-electron chi connectivity index (χ4n) is 3.77. The Morgan fingerprint density at radius 2 is 1.76 bits per heavy atom. The Labute approximate surface area is 203 Å². The number of ether oxygens (including phenoxy) is 2. The second-order valence-corrected chi connectivity index (χ2v) is 8.68. The number of thiophene rings is 1. The van der Waals surface area contributed by atoms with Gasteiger partial charge in [0.15, 0.2) is 11.5 Å². The minimum Gasteiger partial charge on any atom is -0.493 e. The molecule has 0 unspecified atom stereocenters. The lowest BCUT2D eigenvalue weighted by Crippen LogP contribution is -2.17. The SMILES string of the molecule is CCc1cc([C@@H](Nc2ccccn2)c2cccc(OC)c2OC)c(NC(=O)c2ccccc2)s1. The summed E-state index contributed by atoms with van der Waals surface area (Å²) >= 11 is 1.58. The molecule has 0 saturated carbocycles. The molecule has 0 aliphatic heterocycles. The summed E-state index contributed by atoms with van der Waals surface area (Å²) in [6.45, 7) is 2.10. The summed E-state index contributed by atoms with van der Waals surface area (Å²) < 4.78 is 11.3. The lowest BCUT2D eigenvalue weighted by atomic mass is 9.98. The Morgan fingerprint density at radius 3 is 2.44 bits per heavy atom. The molecule has 6 nitrogen and oxygen atoms in total. The summed E-state index contributed by atoms with van der Waals surface area (Å²) in [6.07, 6.45) is 2.59. The van der Waals surface area contributed by atoms with Crippen LogP contribution in [-0.4, -0.2) is 25.1 Å². The summed E-state index contributed by atoms with van der Waals surface area (Å²) in [4.78, 5) is 18.6. The number of hydrogen-bond donors (Lipinski definition) is 2. The number of para-hydroxylation sites is 1. The van der Waals surface area contributed by atoms with E-state index in [1.54, 1.807) is 43.9 Å². The molecule has 4 aromatic rings. The average molecular weight is 474 g/mol. The van der Waals surface area contributed by atoms with Crippen LogP contribution in [0.1, 0.15) is 39.3 Å². The molecule has 0 saturated heterocycles. The number of methoxy groups -OCH3 is 2. The first-order valence-electron chi connectivity index (χ1n) is 11.0. The van der Waals surface area contributed by atoms with Gasteiger partial charge >= 0.3 is 0 Å². The van der Waals surface area contributed by atoms with Gasteiger partial charge in [-0.05, 0) is 42.8 Å². The molecule has 174 valence electrons. The van der Waals surface area contributed by atoms with Crippen molar-refractivity contribution in [1.82, 2.24) is 4.98 Å². The number of carbonyl (C=O) groups excluding carboxylic acids is 1. The minimum absolute atomic E-state index is 0.152. The highest BCUT2D eigenvalue weighted by atomic mass is 32.1. The van der Waals surface area contributed by atoms with Crippen molar-refractivity contribution < 1.29 is 14.3 Å². The van der Waals surface area contributed by atoms with Gasteiger partial charge in [0.05, 0.1) is 20.3 Å². The Bertz CT molecular complexity index is 1240. The molecular formula is C27H27N3O3S. The molecule has 0 bridgehead atoms. The van der Waals surface area contributed by atoms with E-state index in [2.05, 4.69) is 28.6 Å². The largest absolute Gasteiger partial charge is 0.493 e. The van der Waals surface area contributed by atoms with Gasteiger partial charge in [-0.25, -0.2) is 4.98 Å². The van der Waals surface area contributed by atoms with Crippen LogP contribution in [0.4, 0.5) is 10.8 Å². The number of rotatable bonds is 9. The van der Waals surface area contributed by atoms with Crippen LogP contribution in [0.15, 0.2) is 79.0 Å². The predicted octanol–water partition coefficient (Wildman–Crippen LogP) is 6.18. The highest BCUT2D eigenvalue weighted by Crippen LogP contribution is 2.43. The van der Waals surface area contributed by atoms with Gasteiger partial charge in [-0.2, -0.15) is 0 Å². The number of nitrogens with zero attached hydrogens (tertiary/aromatic N) is 1. The first kappa shape index (κ1) is 23.3. The fraction of sp³-hybridized carbons (Fsp3) is 0.185. The Hall–Kier alpha value is -3.84. The highest BCUT2D eigenvalue weighted by molar-refractivity contribution is 7.16. The standard InChI is InChI=1S/C27H27N3O3S/c1-4-19-17-21(27(34-19)30-26(31)18-11-6-5-7-12-18)24(29-23-15-8-9-16-28-23)20-13-10-14-22(32-2)25(20)33-3/h5-17,24H,4H2,1-3H3,(H,28,29)(H,30,31)/t24-/m0/s1. The molecule has 0 fully saturated rings. The normalized spacial score (nSPS) is 11.5. The number of hydrogen-bond acceptors (Lipinski definition) is 6. The van der Waals surface area contributed by atoms with Gasteiger partial charge in [0.1, 0.15) is 10.8 Å². The molecule has 1 atom stereocenters. The third kappa shape index (κ3) is 5.05. The molecule has 2 N–H and O–H groups in total. The van der Waals surface area contributed by atoms with Crippen LogP contribution in [0.5, 0.6) is 11.5 Å². The molecule has 1 amide bonds. The first-order valence-corrected chi connectivity index (χ1v) is 11.8. The maximum absolute atomic E-state index is 13.0. The van der Waals surface area contributed by atoms with Crippen LogP contribution in [0.2, 0.25) is 0 Å². The Balaban J connectivity index is 1.82. The van der Waals surface area contributed by atoms with Gasteiger partial charge in [-0.15, -0.1) is 11.3 Å². The van der Waals surface area contributed by atoms with Gasteiger partial charge in [-0.1, -0.05) is 43.3 Å². The highest BCUT2D eigenvalue weighted by Gasteiger charge is 2.26. The molecule has 2 aromatic heterocycles. The second kappa shape index (κ2) is 10.9. The number of amides is 1. The topological polar surface area (TPSA) is 72.5 Å². The van der Waals surface area contributed by atoms with Crippen molar-refractivity contribution in [2.75, 3.05) is 24.9 Å². The van der Waals surface area contributed by atoms with E-state index in [0.717, 1.165) is 27.4 Å². The lowest BCUT2D eigenvalue weighted by Gasteiger charge is -2.24. The molecule has 0 spiro atoms. The van der Waals surface area contributed by atoms with Crippen LogP contribution in [0.3, 0.4) is 0 Å². The zero-order chi connectivity index (χ0) is 23.9. The molecule has 7 heteroatoms. The van der Waals surface area contributed by atoms with E-state index in [-0.39, 0.29) is 11.9 Å². The molecule has 0 aliphatic carbocycles. The number of nitrogens with one attached hydrogen (secondary N) is 2. The van der Waals surface area contributed by atoms with E-state index in [9.17, 15) is 4.79 Å². The second-order valence-electron chi connectivity index (χ2n) is 7.55. The number of pyridine rings is 1. The van der Waals surface area contributed by atoms with Gasteiger partial charge in [0.25, 0.3) is 5.91 Å². The number of aromatic nitrogens is 1. The van der Waals surface area contributed by atoms with Gasteiger partial charge in [0.2, 0.25) is 0 Å². The first-order chi connectivity index (χ1) is 16.6. The molecule has 2 heterocycles. The van der Waals surface area contributed by atoms with Crippen LogP contribution in [0, 0.1) is 0 Å². The van der Waals surface area contributed by atoms with Gasteiger partial charge in [0, 0.05) is 27.8 Å².